The van der Waals surface area contributed by atoms with E-state index in [1.165, 1.54) is 17.4 Å². The van der Waals surface area contributed by atoms with Gasteiger partial charge in [0.05, 0.1) is 12.9 Å². The maximum atomic E-state index is 14.5. The number of nitrogens with two attached hydrogens (primary N) is 2. The van der Waals surface area contributed by atoms with Crippen molar-refractivity contribution in [1.29, 1.82) is 0 Å². The molecule has 1 aromatic heterocycles. The van der Waals surface area contributed by atoms with Gasteiger partial charge in [-0.2, -0.15) is 0 Å². The van der Waals surface area contributed by atoms with Crippen molar-refractivity contribution in [1.82, 2.24) is 52.1 Å². The van der Waals surface area contributed by atoms with Gasteiger partial charge in [0, 0.05) is 37.8 Å². The summed E-state index contributed by atoms with van der Waals surface area (Å²) in [5.74, 6) is -7.04. The molecule has 1 aliphatic heterocycles. The van der Waals surface area contributed by atoms with Gasteiger partial charge in [0.1, 0.15) is 42.3 Å². The van der Waals surface area contributed by atoms with Crippen molar-refractivity contribution in [2.75, 3.05) is 26.7 Å². The minimum Gasteiger partial charge on any atom is -0.480 e. The fraction of sp³-hybridized carbons (Fsp3) is 0.609. The van der Waals surface area contributed by atoms with Crippen molar-refractivity contribution >= 4 is 53.3 Å². The maximum absolute atomic E-state index is 14.5. The average Bonchev–Trinajstić information content (AvgIpc) is 4.02. The van der Waals surface area contributed by atoms with E-state index in [0.29, 0.717) is 36.9 Å². The summed E-state index contributed by atoms with van der Waals surface area (Å²) in [4.78, 5) is 122. The number of H-pyrrole nitrogens is 1. The van der Waals surface area contributed by atoms with E-state index < -0.39 is 101 Å². The summed E-state index contributed by atoms with van der Waals surface area (Å²) in [6, 6.07) is 0.818. The van der Waals surface area contributed by atoms with Crippen LogP contribution in [0.25, 0.3) is 0 Å². The smallest absolute Gasteiger partial charge is 0.326 e. The lowest BCUT2D eigenvalue weighted by molar-refractivity contribution is -0.146. The minimum absolute atomic E-state index is 0.00136. The molecule has 0 spiro atoms. The van der Waals surface area contributed by atoms with Gasteiger partial charge >= 0.3 is 5.97 Å². The molecule has 22 nitrogen and oxygen atoms in total. The molecule has 1 aliphatic rings. The van der Waals surface area contributed by atoms with Gasteiger partial charge in [-0.25, -0.2) is 9.78 Å². The second kappa shape index (κ2) is 27.9. The van der Waals surface area contributed by atoms with E-state index in [2.05, 4.69) is 52.2 Å². The molecule has 1 fully saturated rings. The van der Waals surface area contributed by atoms with Crippen LogP contribution in [0.4, 0.5) is 0 Å². The Balaban J connectivity index is 1.90. The first kappa shape index (κ1) is 55.7. The second-order valence-electron chi connectivity index (χ2n) is 17.7. The molecule has 3 rings (SSSR count). The van der Waals surface area contributed by atoms with Gasteiger partial charge in [0.15, 0.2) is 5.96 Å². The number of likely N-dealkylation sites (N-methyl/N-ethyl adjacent to an activating group) is 1. The third kappa shape index (κ3) is 17.3. The van der Waals surface area contributed by atoms with Crippen molar-refractivity contribution in [2.24, 2.45) is 34.2 Å². The Hall–Kier alpha value is -6.58. The highest BCUT2D eigenvalue weighted by atomic mass is 16.4. The zero-order chi connectivity index (χ0) is 50.5. The number of nitrogens with zero attached hydrogens (tertiary/aromatic N) is 3. The summed E-state index contributed by atoms with van der Waals surface area (Å²) in [6.45, 7) is 10.9. The number of benzene rings is 1. The summed E-state index contributed by atoms with van der Waals surface area (Å²) in [5.41, 5.74) is 12.1. The van der Waals surface area contributed by atoms with E-state index in [9.17, 15) is 43.5 Å². The lowest BCUT2D eigenvalue weighted by atomic mass is 9.96. The Morgan fingerprint density at radius 3 is 2.00 bits per heavy atom. The number of rotatable bonds is 28. The first-order valence-corrected chi connectivity index (χ1v) is 23.4. The molecule has 0 bridgehead atoms. The lowest BCUT2D eigenvalue weighted by Crippen LogP contribution is -2.62. The quantitative estimate of drug-likeness (QED) is 0.0283. The second-order valence-corrected chi connectivity index (χ2v) is 17.7. The number of likely N-dealkylation sites (tertiary alicyclic amines) is 1. The number of aromatic amines is 1. The zero-order valence-corrected chi connectivity index (χ0v) is 40.3. The minimum atomic E-state index is -1.26. The van der Waals surface area contributed by atoms with Crippen LogP contribution in [-0.4, -0.2) is 142 Å². The van der Waals surface area contributed by atoms with Gasteiger partial charge in [-0.05, 0) is 56.0 Å². The molecule has 68 heavy (non-hydrogen) atoms. The number of carboxylic acid groups (broad SMARTS) is 1. The number of amides is 7. The van der Waals surface area contributed by atoms with Gasteiger partial charge in [0.2, 0.25) is 41.4 Å². The molecular weight excluding hydrogens is 879 g/mol. The highest BCUT2D eigenvalue weighted by Crippen LogP contribution is 2.21. The molecule has 9 atom stereocenters. The fourth-order valence-electron chi connectivity index (χ4n) is 7.76. The zero-order valence-electron chi connectivity index (χ0n) is 40.3. The van der Waals surface area contributed by atoms with E-state index in [1.54, 1.807) is 65.1 Å². The van der Waals surface area contributed by atoms with Crippen molar-refractivity contribution in [3.63, 3.8) is 0 Å². The van der Waals surface area contributed by atoms with Crippen molar-refractivity contribution in [2.45, 2.75) is 135 Å². The Morgan fingerprint density at radius 2 is 1.41 bits per heavy atom. The lowest BCUT2D eigenvalue weighted by Gasteiger charge is -2.32. The van der Waals surface area contributed by atoms with E-state index in [-0.39, 0.29) is 57.2 Å². The molecule has 2 aromatic rings. The normalized spacial score (nSPS) is 16.9. The number of aliphatic carboxylic acids is 1. The van der Waals surface area contributed by atoms with E-state index in [4.69, 9.17) is 11.5 Å². The SMILES string of the molecule is CC[C@H](C)[C@H](NC(=O)[C@H]1CCCN1C(=O)[C@H](Cc1cnc[nH]1)NC(=O)[C@@H](NC(=O)[C@@H](Cc1ccccc1)NC(=O)[C@@H](NC(=O)[C@H](CCCN=C(N)N)NC(=O)CNC)C(C)C)[C@@H](C)CC)C(=O)O. The number of carbonyl (C=O) groups excluding carboxylic acids is 7. The van der Waals surface area contributed by atoms with Crippen LogP contribution < -0.4 is 48.7 Å². The molecule has 0 saturated carbocycles. The molecule has 0 aliphatic carbocycles. The number of aromatic nitrogens is 2. The summed E-state index contributed by atoms with van der Waals surface area (Å²) in [5, 5.41) is 29.1. The predicted octanol–water partition coefficient (Wildman–Crippen LogP) is -0.800. The molecule has 13 N–H and O–H groups in total. The highest BCUT2D eigenvalue weighted by molar-refractivity contribution is 5.98. The molecule has 1 saturated heterocycles. The summed E-state index contributed by atoms with van der Waals surface area (Å²) < 4.78 is 0. The number of carboxylic acids is 1. The number of guanidine groups is 1. The van der Waals surface area contributed by atoms with Gasteiger partial charge in [-0.3, -0.25) is 38.6 Å². The molecule has 2 heterocycles. The highest BCUT2D eigenvalue weighted by Gasteiger charge is 2.41. The number of imidazole rings is 1. The van der Waals surface area contributed by atoms with Crippen LogP contribution >= 0.6 is 0 Å². The molecule has 0 unspecified atom stereocenters. The molecular formula is C46H73N13O9. The van der Waals surface area contributed by atoms with E-state index >= 15 is 0 Å². The molecule has 0 radical (unpaired) electrons. The molecule has 376 valence electrons. The van der Waals surface area contributed by atoms with E-state index in [1.807, 2.05) is 13.8 Å². The average molecular weight is 952 g/mol. The molecule has 1 aromatic carbocycles. The van der Waals surface area contributed by atoms with Gasteiger partial charge in [-0.1, -0.05) is 84.7 Å². The first-order chi connectivity index (χ1) is 32.3. The first-order valence-electron chi connectivity index (χ1n) is 23.4. The monoisotopic (exact) mass is 952 g/mol. The predicted molar refractivity (Wildman–Crippen MR) is 254 cm³/mol. The standard InChI is InChI=1S/C46H73N13O9/c1-8-27(5)37(43(65)55-33(22-30-23-50-25-52-30)44(66)59-20-14-18-34(59)41(63)58-38(45(67)68)28(6)9-2)57-40(62)32(21-29-15-11-10-12-16-29)54-42(64)36(26(3)4)56-39(61)31(53-35(60)24-49-7)17-13-19-51-46(47)48/h10-12,15-16,23,25-28,31-34,36-38,49H,8-9,13-14,17-22,24H2,1-7H3,(H,50,52)(H,53,60)(H,54,64)(H,55,65)(H,56,61)(H,57,62)(H,58,63)(H,67,68)(H4,47,48,51)/t27-,28-,31-,32+,33-,34+,36-,37-,38-/m0/s1. The third-order valence-corrected chi connectivity index (χ3v) is 12.1. The number of hydrogen-bond donors (Lipinski definition) is 11. The molecule has 7 amide bonds. The van der Waals surface area contributed by atoms with Gasteiger partial charge in [0.25, 0.3) is 0 Å². The Labute approximate surface area is 398 Å². The summed E-state index contributed by atoms with van der Waals surface area (Å²) in [6.07, 6.45) is 5.01. The maximum Gasteiger partial charge on any atom is 0.326 e. The van der Waals surface area contributed by atoms with Crippen molar-refractivity contribution < 1.29 is 43.5 Å². The number of hydrogen-bond acceptors (Lipinski definition) is 11. The summed E-state index contributed by atoms with van der Waals surface area (Å²) in [7, 11) is 1.58. The van der Waals surface area contributed by atoms with E-state index in [0.717, 1.165) is 0 Å². The third-order valence-electron chi connectivity index (χ3n) is 12.1. The van der Waals surface area contributed by atoms with Crippen LogP contribution in [0.1, 0.15) is 91.3 Å². The Morgan fingerprint density at radius 1 is 0.794 bits per heavy atom. The van der Waals surface area contributed by atoms with Gasteiger partial charge in [-0.15, -0.1) is 0 Å². The van der Waals surface area contributed by atoms with Crippen LogP contribution in [0.2, 0.25) is 0 Å². The van der Waals surface area contributed by atoms with Gasteiger partial charge < -0.3 is 63.7 Å². The van der Waals surface area contributed by atoms with Crippen LogP contribution in [0.3, 0.4) is 0 Å². The number of carbonyl (C=O) groups is 8. The number of aliphatic imine (C=N–C) groups is 1. The fourth-order valence-corrected chi connectivity index (χ4v) is 7.76. The van der Waals surface area contributed by atoms with Crippen molar-refractivity contribution in [3.8, 4) is 0 Å². The van der Waals surface area contributed by atoms with Crippen LogP contribution in [0, 0.1) is 17.8 Å². The molecule has 22 heteroatoms. The number of nitrogens with one attached hydrogen (secondary N) is 8. The Bertz CT molecular complexity index is 2010. The van der Waals surface area contributed by atoms with Crippen molar-refractivity contribution in [3.05, 3.63) is 54.1 Å². The van der Waals surface area contributed by atoms with Crippen LogP contribution in [-0.2, 0) is 51.2 Å². The largest absolute Gasteiger partial charge is 0.480 e. The Kier molecular flexibility index (Phi) is 22.9. The topological polar surface area (TPSA) is 337 Å². The summed E-state index contributed by atoms with van der Waals surface area (Å²) >= 11 is 0. The van der Waals surface area contributed by atoms with Crippen LogP contribution in [0.15, 0.2) is 47.8 Å². The van der Waals surface area contributed by atoms with Crippen LogP contribution in [0.5, 0.6) is 0 Å².